The number of nitrogens with one attached hydrogen (secondary N) is 2. The lowest BCUT2D eigenvalue weighted by Crippen LogP contribution is -2.26. The number of carbonyl (C=O) groups is 1. The molecule has 0 aliphatic carbocycles. The van der Waals surface area contributed by atoms with Crippen LogP contribution < -0.4 is 4.72 Å². The van der Waals surface area contributed by atoms with Crippen molar-refractivity contribution < 1.29 is 18.3 Å². The normalized spacial score (nSPS) is 11.7. The van der Waals surface area contributed by atoms with Gasteiger partial charge in [-0.25, -0.2) is 22.9 Å². The molecule has 3 N–H and O–H groups in total. The first kappa shape index (κ1) is 15.2. The molecule has 2 aromatic heterocycles. The Balaban J connectivity index is 2.08. The minimum Gasteiger partial charge on any atom is -0.477 e. The molecule has 0 amide bonds. The highest BCUT2D eigenvalue weighted by Gasteiger charge is 2.22. The Morgan fingerprint density at radius 1 is 1.55 bits per heavy atom. The zero-order chi connectivity index (χ0) is 14.8. The number of carboxylic acids is 1. The molecule has 0 bridgehead atoms. The van der Waals surface area contributed by atoms with Crippen LogP contribution in [0.2, 0.25) is 0 Å². The highest BCUT2D eigenvalue weighted by Crippen LogP contribution is 2.31. The Hall–Kier alpha value is -1.23. The van der Waals surface area contributed by atoms with Gasteiger partial charge >= 0.3 is 5.97 Å². The summed E-state index contributed by atoms with van der Waals surface area (Å²) in [5.74, 6) is -0.490. The molecule has 0 spiro atoms. The van der Waals surface area contributed by atoms with Gasteiger partial charge in [0, 0.05) is 25.4 Å². The van der Waals surface area contributed by atoms with Crippen LogP contribution >= 0.6 is 27.3 Å². The van der Waals surface area contributed by atoms with Crippen LogP contribution in [0.3, 0.4) is 0 Å². The molecule has 10 heteroatoms. The average Bonchev–Trinajstić information content (AvgIpc) is 2.98. The number of hydrogen-bond acceptors (Lipinski definition) is 5. The van der Waals surface area contributed by atoms with E-state index >= 15 is 0 Å². The first-order valence-electron chi connectivity index (χ1n) is 5.40. The van der Waals surface area contributed by atoms with E-state index in [1.165, 1.54) is 0 Å². The maximum atomic E-state index is 12.1. The Labute approximate surface area is 127 Å². The number of aromatic carboxylic acids is 1. The predicted octanol–water partition coefficient (Wildman–Crippen LogP) is 1.45. The van der Waals surface area contributed by atoms with Crippen LogP contribution in [0.15, 0.2) is 27.1 Å². The quantitative estimate of drug-likeness (QED) is 0.702. The van der Waals surface area contributed by atoms with Gasteiger partial charge < -0.3 is 10.1 Å². The molecule has 2 heterocycles. The van der Waals surface area contributed by atoms with E-state index in [1.54, 1.807) is 12.4 Å². The fourth-order valence-electron chi connectivity index (χ4n) is 1.46. The third-order valence-electron chi connectivity index (χ3n) is 2.36. The summed E-state index contributed by atoms with van der Waals surface area (Å²) in [7, 11) is -3.75. The Bertz CT molecular complexity index is 709. The maximum absolute atomic E-state index is 12.1. The molecule has 2 rings (SSSR count). The summed E-state index contributed by atoms with van der Waals surface area (Å²) < 4.78 is 26.8. The number of aromatic nitrogens is 2. The minimum atomic E-state index is -3.75. The lowest BCUT2D eigenvalue weighted by molar-refractivity contribution is 0.0702. The molecule has 20 heavy (non-hydrogen) atoms. The van der Waals surface area contributed by atoms with Crippen molar-refractivity contribution in [1.29, 1.82) is 0 Å². The van der Waals surface area contributed by atoms with E-state index in [-0.39, 0.29) is 20.1 Å². The second kappa shape index (κ2) is 6.04. The zero-order valence-corrected chi connectivity index (χ0v) is 13.2. The van der Waals surface area contributed by atoms with Crippen molar-refractivity contribution in [3.8, 4) is 0 Å². The second-order valence-corrected chi connectivity index (χ2v) is 7.84. The van der Waals surface area contributed by atoms with Gasteiger partial charge in [-0.1, -0.05) is 0 Å². The number of nitrogens with zero attached hydrogens (tertiary/aromatic N) is 1. The number of sulfonamides is 1. The molecule has 0 atom stereocenters. The van der Waals surface area contributed by atoms with Crippen molar-refractivity contribution in [2.75, 3.05) is 6.54 Å². The maximum Gasteiger partial charge on any atom is 0.345 e. The van der Waals surface area contributed by atoms with E-state index in [2.05, 4.69) is 30.6 Å². The summed E-state index contributed by atoms with van der Waals surface area (Å²) in [6.45, 7) is 0.167. The third-order valence-corrected chi connectivity index (χ3v) is 6.07. The van der Waals surface area contributed by atoms with Gasteiger partial charge in [-0.05, 0) is 22.0 Å². The van der Waals surface area contributed by atoms with Crippen molar-refractivity contribution >= 4 is 43.3 Å². The van der Waals surface area contributed by atoms with Gasteiger partial charge in [0.15, 0.2) is 0 Å². The van der Waals surface area contributed by atoms with Gasteiger partial charge in [-0.15, -0.1) is 11.3 Å². The smallest absolute Gasteiger partial charge is 0.345 e. The highest BCUT2D eigenvalue weighted by molar-refractivity contribution is 9.11. The van der Waals surface area contributed by atoms with Crippen molar-refractivity contribution in [2.45, 2.75) is 11.3 Å². The Morgan fingerprint density at radius 2 is 2.30 bits per heavy atom. The lowest BCUT2D eigenvalue weighted by Gasteiger charge is -2.04. The van der Waals surface area contributed by atoms with Crippen LogP contribution in [0.25, 0.3) is 0 Å². The van der Waals surface area contributed by atoms with Crippen molar-refractivity contribution in [2.24, 2.45) is 0 Å². The topological polar surface area (TPSA) is 112 Å². The third kappa shape index (κ3) is 3.45. The molecule has 0 radical (unpaired) electrons. The largest absolute Gasteiger partial charge is 0.477 e. The number of carboxylic acid groups (broad SMARTS) is 1. The monoisotopic (exact) mass is 379 g/mol. The molecule has 0 fully saturated rings. The second-order valence-electron chi connectivity index (χ2n) is 3.74. The van der Waals surface area contributed by atoms with Crippen LogP contribution in [-0.4, -0.2) is 36.0 Å². The van der Waals surface area contributed by atoms with E-state index in [0.717, 1.165) is 17.4 Å². The number of imidazole rings is 1. The molecule has 108 valence electrons. The number of halogens is 1. The van der Waals surface area contributed by atoms with Crippen LogP contribution in [0, 0.1) is 0 Å². The van der Waals surface area contributed by atoms with Crippen LogP contribution in [0.5, 0.6) is 0 Å². The molecule has 0 saturated carbocycles. The Morgan fingerprint density at radius 3 is 2.85 bits per heavy atom. The molecule has 0 aliphatic heterocycles. The van der Waals surface area contributed by atoms with Gasteiger partial charge in [0.25, 0.3) is 0 Å². The van der Waals surface area contributed by atoms with E-state index in [4.69, 9.17) is 5.11 Å². The number of aromatic amines is 1. The summed E-state index contributed by atoms with van der Waals surface area (Å²) in [4.78, 5) is 17.6. The van der Waals surface area contributed by atoms with Crippen LogP contribution in [0.1, 0.15) is 15.5 Å². The molecular formula is C10H10BrN3O4S2. The first-order valence-corrected chi connectivity index (χ1v) is 8.50. The van der Waals surface area contributed by atoms with E-state index in [0.29, 0.717) is 12.2 Å². The van der Waals surface area contributed by atoms with Crippen molar-refractivity contribution in [3.05, 3.63) is 32.9 Å². The molecule has 2 aromatic rings. The van der Waals surface area contributed by atoms with Gasteiger partial charge in [-0.2, -0.15) is 0 Å². The highest BCUT2D eigenvalue weighted by atomic mass is 79.9. The minimum absolute atomic E-state index is 0.0386. The van der Waals surface area contributed by atoms with Crippen molar-refractivity contribution in [1.82, 2.24) is 14.7 Å². The summed E-state index contributed by atoms with van der Waals surface area (Å²) in [6, 6.07) is 1.13. The standard InChI is InChI=1S/C10H10BrN3O4S2/c11-9-7(5-6(19-9)10(15)16)20(17,18)14-2-1-8-12-3-4-13-8/h3-5,14H,1-2H2,(H,12,13)(H,15,16). The number of rotatable bonds is 6. The summed E-state index contributed by atoms with van der Waals surface area (Å²) in [6.07, 6.45) is 3.65. The molecule has 0 unspecified atom stereocenters. The summed E-state index contributed by atoms with van der Waals surface area (Å²) in [5.41, 5.74) is 0. The lowest BCUT2D eigenvalue weighted by atomic mass is 10.4. The van der Waals surface area contributed by atoms with Crippen molar-refractivity contribution in [3.63, 3.8) is 0 Å². The fourth-order valence-corrected chi connectivity index (χ4v) is 4.89. The molecule has 0 aliphatic rings. The number of H-pyrrole nitrogens is 1. The van der Waals surface area contributed by atoms with E-state index in [1.807, 2.05) is 0 Å². The first-order chi connectivity index (χ1) is 9.40. The SMILES string of the molecule is O=C(O)c1cc(S(=O)(=O)NCCc2ncc[nH]2)c(Br)s1. The average molecular weight is 380 g/mol. The number of hydrogen-bond donors (Lipinski definition) is 3. The van der Waals surface area contributed by atoms with Crippen LogP contribution in [-0.2, 0) is 16.4 Å². The van der Waals surface area contributed by atoms with Gasteiger partial charge in [0.1, 0.15) is 15.6 Å². The predicted molar refractivity (Wildman–Crippen MR) is 76.5 cm³/mol. The van der Waals surface area contributed by atoms with E-state index in [9.17, 15) is 13.2 Å². The van der Waals surface area contributed by atoms with E-state index < -0.39 is 16.0 Å². The van der Waals surface area contributed by atoms with Gasteiger partial charge in [0.2, 0.25) is 10.0 Å². The molecule has 7 nitrogen and oxygen atoms in total. The van der Waals surface area contributed by atoms with Gasteiger partial charge in [-0.3, -0.25) is 0 Å². The Kier molecular flexibility index (Phi) is 4.58. The fraction of sp³-hybridized carbons (Fsp3) is 0.200. The molecule has 0 aromatic carbocycles. The zero-order valence-electron chi connectivity index (χ0n) is 9.96. The van der Waals surface area contributed by atoms with Crippen LogP contribution in [0.4, 0.5) is 0 Å². The van der Waals surface area contributed by atoms with Gasteiger partial charge in [0.05, 0.1) is 3.79 Å². The number of thiophene rings is 1. The molecular weight excluding hydrogens is 370 g/mol. The summed E-state index contributed by atoms with van der Waals surface area (Å²) in [5, 5.41) is 8.85. The summed E-state index contributed by atoms with van der Waals surface area (Å²) >= 11 is 3.93. The molecule has 0 saturated heterocycles.